The molecule has 0 saturated carbocycles. The maximum absolute atomic E-state index is 12.8. The number of likely N-dealkylation sites (tertiary alicyclic amines) is 1. The smallest absolute Gasteiger partial charge is 0.382 e. The number of rotatable bonds is 3. The second kappa shape index (κ2) is 5.46. The zero-order valence-corrected chi connectivity index (χ0v) is 10.2. The van der Waals surface area contributed by atoms with Crippen LogP contribution in [0.3, 0.4) is 0 Å². The van der Waals surface area contributed by atoms with Crippen molar-refractivity contribution in [2.75, 3.05) is 13.1 Å². The van der Waals surface area contributed by atoms with Gasteiger partial charge in [-0.2, -0.15) is 13.2 Å². The van der Waals surface area contributed by atoms with Gasteiger partial charge in [-0.3, -0.25) is 4.90 Å². The summed E-state index contributed by atoms with van der Waals surface area (Å²) in [6, 6.07) is 5.58. The molecule has 1 aliphatic rings. The lowest BCUT2D eigenvalue weighted by molar-refractivity contribution is -0.208. The Hall–Kier alpha value is -1.14. The molecule has 0 bridgehead atoms. The van der Waals surface area contributed by atoms with Crippen LogP contribution in [0.25, 0.3) is 0 Å². The average molecular weight is 277 g/mol. The van der Waals surface area contributed by atoms with Gasteiger partial charge in [0.1, 0.15) is 5.82 Å². The number of hydrogen-bond acceptors (Lipinski definition) is 2. The standard InChI is InChI=1S/C13H15F4NO/c14-10-5-3-9(4-6-10)11-2-1-7-18(11)8-12(19)13(15,16)17/h3-6,11-12,19H,1-2,7-8H2/t11-,12-/m0/s1. The highest BCUT2D eigenvalue weighted by molar-refractivity contribution is 5.21. The quantitative estimate of drug-likeness (QED) is 0.859. The van der Waals surface area contributed by atoms with Gasteiger partial charge < -0.3 is 5.11 Å². The molecule has 2 atom stereocenters. The van der Waals surface area contributed by atoms with E-state index in [-0.39, 0.29) is 11.9 Å². The number of nitrogens with zero attached hydrogens (tertiary/aromatic N) is 1. The number of benzene rings is 1. The third-order valence-electron chi connectivity index (χ3n) is 3.40. The minimum atomic E-state index is -4.60. The number of alkyl halides is 3. The minimum absolute atomic E-state index is 0.183. The zero-order chi connectivity index (χ0) is 14.0. The van der Waals surface area contributed by atoms with Crippen LogP contribution in [-0.4, -0.2) is 35.4 Å². The Morgan fingerprint density at radius 2 is 1.89 bits per heavy atom. The Bertz CT molecular complexity index is 418. The molecule has 0 radical (unpaired) electrons. The molecule has 1 aromatic rings. The highest BCUT2D eigenvalue weighted by Crippen LogP contribution is 2.33. The number of halogens is 4. The van der Waals surface area contributed by atoms with E-state index >= 15 is 0 Å². The Labute approximate surface area is 108 Å². The molecule has 1 aromatic carbocycles. The van der Waals surface area contributed by atoms with Gasteiger partial charge in [0.2, 0.25) is 0 Å². The van der Waals surface area contributed by atoms with Crippen LogP contribution in [0.2, 0.25) is 0 Å². The maximum atomic E-state index is 12.8. The monoisotopic (exact) mass is 277 g/mol. The van der Waals surface area contributed by atoms with Crippen molar-refractivity contribution in [2.24, 2.45) is 0 Å². The maximum Gasteiger partial charge on any atom is 0.415 e. The number of aliphatic hydroxyl groups excluding tert-OH is 1. The second-order valence-electron chi connectivity index (χ2n) is 4.76. The van der Waals surface area contributed by atoms with Crippen LogP contribution in [0.4, 0.5) is 17.6 Å². The molecule has 2 rings (SSSR count). The highest BCUT2D eigenvalue weighted by Gasteiger charge is 2.41. The molecule has 0 aliphatic carbocycles. The van der Waals surface area contributed by atoms with Crippen LogP contribution >= 0.6 is 0 Å². The van der Waals surface area contributed by atoms with E-state index in [0.717, 1.165) is 18.4 Å². The number of hydrogen-bond donors (Lipinski definition) is 1. The zero-order valence-electron chi connectivity index (χ0n) is 10.2. The minimum Gasteiger partial charge on any atom is -0.382 e. The molecule has 1 saturated heterocycles. The molecular weight excluding hydrogens is 262 g/mol. The Balaban J connectivity index is 2.07. The van der Waals surface area contributed by atoms with E-state index in [2.05, 4.69) is 0 Å². The second-order valence-corrected chi connectivity index (χ2v) is 4.76. The molecule has 2 nitrogen and oxygen atoms in total. The molecule has 0 unspecified atom stereocenters. The molecule has 0 amide bonds. The van der Waals surface area contributed by atoms with Crippen molar-refractivity contribution in [2.45, 2.75) is 31.2 Å². The van der Waals surface area contributed by atoms with Gasteiger partial charge in [0.05, 0.1) is 0 Å². The molecule has 0 spiro atoms. The van der Waals surface area contributed by atoms with Crippen LogP contribution in [-0.2, 0) is 0 Å². The van der Waals surface area contributed by atoms with Gasteiger partial charge in [-0.1, -0.05) is 12.1 Å². The number of β-amino-alcohol motifs (C(OH)–C–C–N with tert-alkyl or cyclic N) is 1. The normalized spacial score (nSPS) is 22.7. The molecule has 1 fully saturated rings. The van der Waals surface area contributed by atoms with Gasteiger partial charge in [0.15, 0.2) is 6.10 Å². The van der Waals surface area contributed by atoms with Gasteiger partial charge in [0.25, 0.3) is 0 Å². The van der Waals surface area contributed by atoms with Crippen LogP contribution in [0.15, 0.2) is 24.3 Å². The fourth-order valence-corrected chi connectivity index (χ4v) is 2.43. The van der Waals surface area contributed by atoms with Gasteiger partial charge in [-0.25, -0.2) is 4.39 Å². The lowest BCUT2D eigenvalue weighted by Crippen LogP contribution is -2.40. The van der Waals surface area contributed by atoms with Crippen LogP contribution in [0.1, 0.15) is 24.4 Å². The lowest BCUT2D eigenvalue weighted by Gasteiger charge is -2.27. The van der Waals surface area contributed by atoms with Crippen molar-refractivity contribution in [3.05, 3.63) is 35.6 Å². The third kappa shape index (κ3) is 3.45. The van der Waals surface area contributed by atoms with E-state index < -0.39 is 18.8 Å². The Kier molecular flexibility index (Phi) is 4.10. The summed E-state index contributed by atoms with van der Waals surface area (Å²) in [6.07, 6.45) is -5.45. The van der Waals surface area contributed by atoms with Crippen molar-refractivity contribution in [1.29, 1.82) is 0 Å². The first-order chi connectivity index (χ1) is 8.88. The first kappa shape index (κ1) is 14.3. The summed E-state index contributed by atoms with van der Waals surface area (Å²) in [5.41, 5.74) is 0.785. The van der Waals surface area contributed by atoms with Crippen molar-refractivity contribution < 1.29 is 22.7 Å². The molecule has 1 aliphatic heterocycles. The van der Waals surface area contributed by atoms with Crippen molar-refractivity contribution in [3.63, 3.8) is 0 Å². The van der Waals surface area contributed by atoms with Crippen molar-refractivity contribution in [1.82, 2.24) is 4.90 Å². The third-order valence-corrected chi connectivity index (χ3v) is 3.40. The Morgan fingerprint density at radius 3 is 2.47 bits per heavy atom. The first-order valence-corrected chi connectivity index (χ1v) is 6.12. The lowest BCUT2D eigenvalue weighted by atomic mass is 10.0. The average Bonchev–Trinajstić information content (AvgIpc) is 2.77. The summed E-state index contributed by atoms with van der Waals surface area (Å²) >= 11 is 0. The molecule has 0 aromatic heterocycles. The predicted molar refractivity (Wildman–Crippen MR) is 62.0 cm³/mol. The van der Waals surface area contributed by atoms with Crippen LogP contribution in [0, 0.1) is 5.82 Å². The summed E-state index contributed by atoms with van der Waals surface area (Å²) in [6.45, 7) is 0.0702. The fourth-order valence-electron chi connectivity index (χ4n) is 2.43. The van der Waals surface area contributed by atoms with Gasteiger partial charge in [0, 0.05) is 12.6 Å². The summed E-state index contributed by atoms with van der Waals surface area (Å²) in [7, 11) is 0. The molecule has 1 heterocycles. The van der Waals surface area contributed by atoms with E-state index in [9.17, 15) is 17.6 Å². The molecule has 6 heteroatoms. The van der Waals surface area contributed by atoms with Crippen molar-refractivity contribution >= 4 is 0 Å². The molecule has 19 heavy (non-hydrogen) atoms. The van der Waals surface area contributed by atoms with Crippen LogP contribution in [0.5, 0.6) is 0 Å². The predicted octanol–water partition coefficient (Wildman–Crippen LogP) is 2.89. The van der Waals surface area contributed by atoms with E-state index in [1.807, 2.05) is 0 Å². The van der Waals surface area contributed by atoms with E-state index in [0.29, 0.717) is 6.54 Å². The van der Waals surface area contributed by atoms with Gasteiger partial charge in [-0.05, 0) is 37.1 Å². The van der Waals surface area contributed by atoms with Crippen molar-refractivity contribution in [3.8, 4) is 0 Å². The highest BCUT2D eigenvalue weighted by atomic mass is 19.4. The molecule has 106 valence electrons. The molecule has 1 N–H and O–H groups in total. The summed E-state index contributed by atoms with van der Waals surface area (Å²) < 4.78 is 49.9. The summed E-state index contributed by atoms with van der Waals surface area (Å²) in [5, 5.41) is 9.13. The van der Waals surface area contributed by atoms with Gasteiger partial charge >= 0.3 is 6.18 Å². The molecular formula is C13H15F4NO. The summed E-state index contributed by atoms with van der Waals surface area (Å²) in [4.78, 5) is 1.60. The SMILES string of the molecule is O[C@@H](CN1CCC[C@H]1c1ccc(F)cc1)C(F)(F)F. The largest absolute Gasteiger partial charge is 0.415 e. The van der Waals surface area contributed by atoms with Crippen LogP contribution < -0.4 is 0 Å². The Morgan fingerprint density at radius 1 is 1.26 bits per heavy atom. The topological polar surface area (TPSA) is 23.5 Å². The fraction of sp³-hybridized carbons (Fsp3) is 0.538. The number of aliphatic hydroxyl groups is 1. The summed E-state index contributed by atoms with van der Waals surface area (Å²) in [5.74, 6) is -0.372. The van der Waals surface area contributed by atoms with E-state index in [1.165, 1.54) is 12.1 Å². The first-order valence-electron chi connectivity index (χ1n) is 6.12. The van der Waals surface area contributed by atoms with E-state index in [4.69, 9.17) is 5.11 Å². The van der Waals surface area contributed by atoms with Gasteiger partial charge in [-0.15, -0.1) is 0 Å². The van der Waals surface area contributed by atoms with E-state index in [1.54, 1.807) is 17.0 Å².